The molecule has 0 N–H and O–H groups in total. The molecule has 2 heteroatoms. The van der Waals surface area contributed by atoms with Crippen molar-refractivity contribution in [3.63, 3.8) is 0 Å². The molecular weight excluding hydrogens is 142 g/mol. The first-order chi connectivity index (χ1) is 4.75. The van der Waals surface area contributed by atoms with E-state index in [0.29, 0.717) is 0 Å². The van der Waals surface area contributed by atoms with Crippen molar-refractivity contribution in [1.29, 1.82) is 0 Å². The van der Waals surface area contributed by atoms with Gasteiger partial charge in [-0.05, 0) is 18.6 Å². The smallest absolute Gasteiger partial charge is 0.0834 e. The molecule has 0 fully saturated rings. The Hall–Kier alpha value is -0.890. The highest BCUT2D eigenvalue weighted by molar-refractivity contribution is 7.10. The van der Waals surface area contributed by atoms with E-state index in [9.17, 15) is 0 Å². The molecule has 1 heterocycles. The van der Waals surface area contributed by atoms with E-state index in [-0.39, 0.29) is 0 Å². The van der Waals surface area contributed by atoms with Gasteiger partial charge in [0.25, 0.3) is 0 Å². The SMILES string of the molecule is C=Cc1scnc1C(=C)C. The lowest BCUT2D eigenvalue weighted by atomic mass is 10.2. The van der Waals surface area contributed by atoms with Crippen molar-refractivity contribution >= 4 is 23.0 Å². The summed E-state index contributed by atoms with van der Waals surface area (Å²) in [5, 5.41) is 0. The first kappa shape index (κ1) is 7.22. The summed E-state index contributed by atoms with van der Waals surface area (Å²) >= 11 is 1.59. The minimum Gasteiger partial charge on any atom is -0.244 e. The first-order valence-electron chi connectivity index (χ1n) is 2.97. The number of hydrogen-bond donors (Lipinski definition) is 0. The quantitative estimate of drug-likeness (QED) is 0.633. The van der Waals surface area contributed by atoms with Crippen molar-refractivity contribution in [1.82, 2.24) is 4.98 Å². The molecule has 10 heavy (non-hydrogen) atoms. The van der Waals surface area contributed by atoms with Gasteiger partial charge in [0.05, 0.1) is 16.1 Å². The topological polar surface area (TPSA) is 12.9 Å². The van der Waals surface area contributed by atoms with Gasteiger partial charge in [-0.2, -0.15) is 0 Å². The lowest BCUT2D eigenvalue weighted by Crippen LogP contribution is -1.78. The highest BCUT2D eigenvalue weighted by Crippen LogP contribution is 2.20. The number of nitrogens with zero attached hydrogens (tertiary/aromatic N) is 1. The Morgan fingerprint density at radius 2 is 2.50 bits per heavy atom. The lowest BCUT2D eigenvalue weighted by molar-refractivity contribution is 1.34. The van der Waals surface area contributed by atoms with E-state index in [1.807, 2.05) is 13.0 Å². The molecule has 0 saturated carbocycles. The van der Waals surface area contributed by atoms with Crippen molar-refractivity contribution in [2.24, 2.45) is 0 Å². The molecule has 0 spiro atoms. The number of thiazole rings is 1. The second kappa shape index (κ2) is 2.80. The van der Waals surface area contributed by atoms with E-state index >= 15 is 0 Å². The van der Waals surface area contributed by atoms with Crippen LogP contribution in [0.5, 0.6) is 0 Å². The van der Waals surface area contributed by atoms with Gasteiger partial charge in [-0.15, -0.1) is 11.3 Å². The third kappa shape index (κ3) is 1.16. The van der Waals surface area contributed by atoms with Gasteiger partial charge < -0.3 is 0 Å². The summed E-state index contributed by atoms with van der Waals surface area (Å²) in [7, 11) is 0. The lowest BCUT2D eigenvalue weighted by Gasteiger charge is -1.92. The molecule has 0 aliphatic carbocycles. The third-order valence-electron chi connectivity index (χ3n) is 1.18. The van der Waals surface area contributed by atoms with Crippen LogP contribution in [0.15, 0.2) is 18.7 Å². The molecule has 0 unspecified atom stereocenters. The molecule has 0 aliphatic rings. The van der Waals surface area contributed by atoms with Crippen LogP contribution in [-0.2, 0) is 0 Å². The second-order valence-electron chi connectivity index (χ2n) is 2.05. The van der Waals surface area contributed by atoms with Crippen LogP contribution in [0.4, 0.5) is 0 Å². The molecule has 52 valence electrons. The largest absolute Gasteiger partial charge is 0.244 e. The normalized spacial score (nSPS) is 9.30. The summed E-state index contributed by atoms with van der Waals surface area (Å²) in [6.07, 6.45) is 1.81. The molecule has 0 radical (unpaired) electrons. The van der Waals surface area contributed by atoms with Crippen LogP contribution in [0.25, 0.3) is 11.6 Å². The van der Waals surface area contributed by atoms with E-state index in [0.717, 1.165) is 16.1 Å². The zero-order valence-corrected chi connectivity index (χ0v) is 6.74. The van der Waals surface area contributed by atoms with Crippen LogP contribution < -0.4 is 0 Å². The number of aromatic nitrogens is 1. The van der Waals surface area contributed by atoms with Crippen LogP contribution in [0.1, 0.15) is 17.5 Å². The van der Waals surface area contributed by atoms with Crippen molar-refractivity contribution < 1.29 is 0 Å². The average Bonchev–Trinajstić information content (AvgIpc) is 2.33. The van der Waals surface area contributed by atoms with Gasteiger partial charge in [-0.1, -0.05) is 13.2 Å². The molecule has 0 bridgehead atoms. The maximum Gasteiger partial charge on any atom is 0.0834 e. The van der Waals surface area contributed by atoms with Crippen molar-refractivity contribution in [2.75, 3.05) is 0 Å². The number of rotatable bonds is 2. The summed E-state index contributed by atoms with van der Waals surface area (Å²) in [6, 6.07) is 0. The number of allylic oxidation sites excluding steroid dienone is 1. The van der Waals surface area contributed by atoms with Gasteiger partial charge in [-0.3, -0.25) is 0 Å². The fourth-order valence-corrected chi connectivity index (χ4v) is 1.43. The van der Waals surface area contributed by atoms with Crippen LogP contribution in [-0.4, -0.2) is 4.98 Å². The predicted molar refractivity (Wildman–Crippen MR) is 46.9 cm³/mol. The molecular formula is C8H9NS. The fourth-order valence-electron chi connectivity index (χ4n) is 0.721. The van der Waals surface area contributed by atoms with Crippen LogP contribution in [0, 0.1) is 0 Å². The van der Waals surface area contributed by atoms with Crippen molar-refractivity contribution in [3.8, 4) is 0 Å². The monoisotopic (exact) mass is 151 g/mol. The van der Waals surface area contributed by atoms with E-state index < -0.39 is 0 Å². The maximum absolute atomic E-state index is 4.13. The summed E-state index contributed by atoms with van der Waals surface area (Å²) in [4.78, 5) is 5.24. The Labute approximate surface area is 64.7 Å². The predicted octanol–water partition coefficient (Wildman–Crippen LogP) is 2.82. The van der Waals surface area contributed by atoms with Gasteiger partial charge in [0.2, 0.25) is 0 Å². The van der Waals surface area contributed by atoms with Gasteiger partial charge in [0.15, 0.2) is 0 Å². The van der Waals surface area contributed by atoms with Gasteiger partial charge >= 0.3 is 0 Å². The Morgan fingerprint density at radius 1 is 1.80 bits per heavy atom. The third-order valence-corrected chi connectivity index (χ3v) is 2.01. The van der Waals surface area contributed by atoms with E-state index in [2.05, 4.69) is 18.1 Å². The second-order valence-corrected chi connectivity index (χ2v) is 2.94. The van der Waals surface area contributed by atoms with E-state index in [1.54, 1.807) is 16.8 Å². The molecule has 0 amide bonds. The van der Waals surface area contributed by atoms with Gasteiger partial charge in [0, 0.05) is 0 Å². The van der Waals surface area contributed by atoms with Gasteiger partial charge in [-0.25, -0.2) is 4.98 Å². The minimum atomic E-state index is 0.972. The van der Waals surface area contributed by atoms with Crippen LogP contribution in [0.3, 0.4) is 0 Å². The summed E-state index contributed by atoms with van der Waals surface area (Å²) in [5.74, 6) is 0. The molecule has 0 aromatic carbocycles. The molecule has 0 aliphatic heterocycles. The van der Waals surface area contributed by atoms with Crippen molar-refractivity contribution in [3.05, 3.63) is 29.2 Å². The summed E-state index contributed by atoms with van der Waals surface area (Å²) < 4.78 is 0. The Bertz CT molecular complexity index is 260. The molecule has 1 rings (SSSR count). The Balaban J connectivity index is 3.13. The van der Waals surface area contributed by atoms with Gasteiger partial charge in [0.1, 0.15) is 0 Å². The molecule has 1 aromatic heterocycles. The zero-order chi connectivity index (χ0) is 7.56. The molecule has 0 saturated heterocycles. The Kier molecular flexibility index (Phi) is 2.02. The van der Waals surface area contributed by atoms with E-state index in [1.165, 1.54) is 0 Å². The fraction of sp³-hybridized carbons (Fsp3) is 0.125. The average molecular weight is 151 g/mol. The maximum atomic E-state index is 4.13. The summed E-state index contributed by atoms with van der Waals surface area (Å²) in [6.45, 7) is 9.42. The molecule has 1 nitrogen and oxygen atoms in total. The number of hydrogen-bond acceptors (Lipinski definition) is 2. The zero-order valence-electron chi connectivity index (χ0n) is 5.92. The van der Waals surface area contributed by atoms with E-state index in [4.69, 9.17) is 0 Å². The first-order valence-corrected chi connectivity index (χ1v) is 3.85. The summed E-state index contributed by atoms with van der Waals surface area (Å²) in [5.41, 5.74) is 3.78. The van der Waals surface area contributed by atoms with Crippen LogP contribution >= 0.6 is 11.3 Å². The highest BCUT2D eigenvalue weighted by atomic mass is 32.1. The molecule has 0 atom stereocenters. The molecule has 1 aromatic rings. The minimum absolute atomic E-state index is 0.972. The highest BCUT2D eigenvalue weighted by Gasteiger charge is 2.01. The Morgan fingerprint density at radius 3 is 2.90 bits per heavy atom. The standard InChI is InChI=1S/C8H9NS/c1-4-7-8(6(2)3)9-5-10-7/h4-5H,1-2H2,3H3. The van der Waals surface area contributed by atoms with Crippen molar-refractivity contribution in [2.45, 2.75) is 6.92 Å². The van der Waals surface area contributed by atoms with Crippen LogP contribution in [0.2, 0.25) is 0 Å².